The van der Waals surface area contributed by atoms with Crippen LogP contribution in [0.15, 0.2) is 45.6 Å². The summed E-state index contributed by atoms with van der Waals surface area (Å²) < 4.78 is 1.59. The van der Waals surface area contributed by atoms with E-state index in [0.717, 1.165) is 25.5 Å². The van der Waals surface area contributed by atoms with Gasteiger partial charge in [0.1, 0.15) is 5.69 Å². The predicted octanol–water partition coefficient (Wildman–Crippen LogP) is 3.95. The highest BCUT2D eigenvalue weighted by Crippen LogP contribution is 2.23. The van der Waals surface area contributed by atoms with Crippen molar-refractivity contribution < 1.29 is 4.79 Å². The zero-order valence-electron chi connectivity index (χ0n) is 10.3. The third kappa shape index (κ3) is 2.53. The molecule has 0 atom stereocenters. The molecule has 3 N–H and O–H groups in total. The number of nitrogens with one attached hydrogen (secondary N) is 3. The van der Waals surface area contributed by atoms with Crippen LogP contribution in [0.1, 0.15) is 16.1 Å². The van der Waals surface area contributed by atoms with Gasteiger partial charge in [0.05, 0.1) is 9.08 Å². The number of H-pyrrole nitrogens is 2. The Labute approximate surface area is 132 Å². The van der Waals surface area contributed by atoms with E-state index in [2.05, 4.69) is 47.1 Å². The number of carbonyl (C=O) groups is 1. The second-order valence-corrected chi connectivity index (χ2v) is 6.03. The van der Waals surface area contributed by atoms with Crippen molar-refractivity contribution >= 4 is 48.7 Å². The molecule has 3 aromatic rings. The lowest BCUT2D eigenvalue weighted by atomic mass is 10.2. The van der Waals surface area contributed by atoms with Crippen LogP contribution in [0, 0.1) is 0 Å². The van der Waals surface area contributed by atoms with Gasteiger partial charge in [-0.2, -0.15) is 0 Å². The molecule has 0 fully saturated rings. The molecule has 0 saturated carbocycles. The molecule has 4 nitrogen and oxygen atoms in total. The van der Waals surface area contributed by atoms with Gasteiger partial charge in [0.15, 0.2) is 0 Å². The largest absolute Gasteiger partial charge is 0.361 e. The van der Waals surface area contributed by atoms with E-state index >= 15 is 0 Å². The first-order chi connectivity index (χ1) is 9.65. The molecule has 0 aliphatic rings. The Balaban J connectivity index is 1.74. The van der Waals surface area contributed by atoms with E-state index < -0.39 is 0 Å². The van der Waals surface area contributed by atoms with Crippen LogP contribution >= 0.6 is 31.9 Å². The van der Waals surface area contributed by atoms with Crippen molar-refractivity contribution in [3.05, 3.63) is 56.9 Å². The molecule has 6 heteroatoms. The Bertz CT molecular complexity index is 756. The number of halogens is 2. The Hall–Kier alpha value is -1.53. The van der Waals surface area contributed by atoms with Crippen molar-refractivity contribution in [2.45, 2.75) is 6.54 Å². The molecule has 0 bridgehead atoms. The number of amides is 1. The second-order valence-electron chi connectivity index (χ2n) is 4.39. The number of rotatable bonds is 3. The van der Waals surface area contributed by atoms with E-state index in [1.54, 1.807) is 6.07 Å². The number of carbonyl (C=O) groups excluding carboxylic acids is 1. The minimum absolute atomic E-state index is 0.137. The lowest BCUT2D eigenvalue weighted by Crippen LogP contribution is -2.22. The van der Waals surface area contributed by atoms with Gasteiger partial charge in [-0.3, -0.25) is 4.79 Å². The smallest absolute Gasteiger partial charge is 0.268 e. The highest BCUT2D eigenvalue weighted by atomic mass is 79.9. The molecule has 1 aromatic carbocycles. The number of benzene rings is 1. The third-order valence-electron chi connectivity index (χ3n) is 3.08. The van der Waals surface area contributed by atoms with E-state index in [9.17, 15) is 4.79 Å². The van der Waals surface area contributed by atoms with Crippen molar-refractivity contribution in [3.63, 3.8) is 0 Å². The monoisotopic (exact) mass is 395 g/mol. The molecule has 102 valence electrons. The topological polar surface area (TPSA) is 60.7 Å². The fraction of sp³-hybridized carbons (Fsp3) is 0.0714. The zero-order chi connectivity index (χ0) is 14.1. The SMILES string of the molecule is O=C(NCc1c[nH]c2ccccc12)c1cc(Br)c(Br)[nH]1. The summed E-state index contributed by atoms with van der Waals surface area (Å²) in [6.45, 7) is 0.483. The van der Waals surface area contributed by atoms with E-state index in [1.807, 2.05) is 30.5 Å². The van der Waals surface area contributed by atoms with Gasteiger partial charge in [-0.25, -0.2) is 0 Å². The van der Waals surface area contributed by atoms with Gasteiger partial charge in [-0.1, -0.05) is 18.2 Å². The first-order valence-electron chi connectivity index (χ1n) is 6.02. The normalized spacial score (nSPS) is 10.9. The van der Waals surface area contributed by atoms with Crippen LogP contribution in [0.4, 0.5) is 0 Å². The first kappa shape index (κ1) is 13.5. The van der Waals surface area contributed by atoms with Crippen LogP contribution in [0.2, 0.25) is 0 Å². The summed E-state index contributed by atoms with van der Waals surface area (Å²) in [5.41, 5.74) is 2.66. The molecule has 0 radical (unpaired) electrons. The van der Waals surface area contributed by atoms with E-state index in [1.165, 1.54) is 0 Å². The minimum Gasteiger partial charge on any atom is -0.361 e. The summed E-state index contributed by atoms with van der Waals surface area (Å²) in [5, 5.41) is 4.03. The molecule has 1 amide bonds. The molecule has 0 aliphatic carbocycles. The number of aromatic nitrogens is 2. The van der Waals surface area contributed by atoms with Gasteiger partial charge in [-0.15, -0.1) is 0 Å². The third-order valence-corrected chi connectivity index (χ3v) is 4.87. The van der Waals surface area contributed by atoms with Gasteiger partial charge in [-0.05, 0) is 49.6 Å². The van der Waals surface area contributed by atoms with Gasteiger partial charge < -0.3 is 15.3 Å². The lowest BCUT2D eigenvalue weighted by Gasteiger charge is -2.02. The summed E-state index contributed by atoms with van der Waals surface area (Å²) in [7, 11) is 0. The molecular formula is C14H11Br2N3O. The van der Waals surface area contributed by atoms with Crippen molar-refractivity contribution in [3.8, 4) is 0 Å². The van der Waals surface area contributed by atoms with Crippen molar-refractivity contribution in [1.82, 2.24) is 15.3 Å². The molecular weight excluding hydrogens is 386 g/mol. The summed E-state index contributed by atoms with van der Waals surface area (Å²) in [5.74, 6) is -0.137. The molecule has 3 rings (SSSR count). The fourth-order valence-electron chi connectivity index (χ4n) is 2.08. The molecule has 0 saturated heterocycles. The van der Waals surface area contributed by atoms with E-state index in [0.29, 0.717) is 12.2 Å². The van der Waals surface area contributed by atoms with E-state index in [-0.39, 0.29) is 5.91 Å². The highest BCUT2D eigenvalue weighted by Gasteiger charge is 2.11. The van der Waals surface area contributed by atoms with E-state index in [4.69, 9.17) is 0 Å². The van der Waals surface area contributed by atoms with Gasteiger partial charge in [0, 0.05) is 23.6 Å². The molecule has 2 aromatic heterocycles. The minimum atomic E-state index is -0.137. The van der Waals surface area contributed by atoms with Crippen molar-refractivity contribution in [2.75, 3.05) is 0 Å². The Kier molecular flexibility index (Phi) is 3.67. The summed E-state index contributed by atoms with van der Waals surface area (Å²) >= 11 is 6.66. The predicted molar refractivity (Wildman–Crippen MR) is 85.7 cm³/mol. The maximum absolute atomic E-state index is 12.0. The van der Waals surface area contributed by atoms with Crippen LogP contribution < -0.4 is 5.32 Å². The lowest BCUT2D eigenvalue weighted by molar-refractivity contribution is 0.0946. The molecule has 20 heavy (non-hydrogen) atoms. The quantitative estimate of drug-likeness (QED) is 0.616. The maximum Gasteiger partial charge on any atom is 0.268 e. The fourth-order valence-corrected chi connectivity index (χ4v) is 2.73. The molecule has 2 heterocycles. The number of fused-ring (bicyclic) bond motifs is 1. The average Bonchev–Trinajstić information content (AvgIpc) is 3.01. The zero-order valence-corrected chi connectivity index (χ0v) is 13.5. The summed E-state index contributed by atoms with van der Waals surface area (Å²) in [6.07, 6.45) is 1.92. The molecule has 0 spiro atoms. The van der Waals surface area contributed by atoms with Gasteiger partial charge in [0.25, 0.3) is 5.91 Å². The Morgan fingerprint density at radius 1 is 1.25 bits per heavy atom. The van der Waals surface area contributed by atoms with Crippen LogP contribution in [-0.2, 0) is 6.54 Å². The number of aromatic amines is 2. The summed E-state index contributed by atoms with van der Waals surface area (Å²) in [6, 6.07) is 9.76. The maximum atomic E-state index is 12.0. The van der Waals surface area contributed by atoms with Gasteiger partial charge >= 0.3 is 0 Å². The number of hydrogen-bond acceptors (Lipinski definition) is 1. The van der Waals surface area contributed by atoms with Crippen molar-refractivity contribution in [2.24, 2.45) is 0 Å². The molecule has 0 aliphatic heterocycles. The number of para-hydroxylation sites is 1. The van der Waals surface area contributed by atoms with Crippen LogP contribution in [0.5, 0.6) is 0 Å². The van der Waals surface area contributed by atoms with Gasteiger partial charge in [0.2, 0.25) is 0 Å². The van der Waals surface area contributed by atoms with Crippen LogP contribution in [-0.4, -0.2) is 15.9 Å². The summed E-state index contributed by atoms with van der Waals surface area (Å²) in [4.78, 5) is 18.2. The standard InChI is InChI=1S/C14H11Br2N3O/c15-10-5-12(19-13(10)16)14(20)18-7-8-6-17-11-4-2-1-3-9(8)11/h1-6,17,19H,7H2,(H,18,20). The highest BCUT2D eigenvalue weighted by molar-refractivity contribution is 9.13. The van der Waals surface area contributed by atoms with Crippen LogP contribution in [0.3, 0.4) is 0 Å². The Morgan fingerprint density at radius 3 is 2.80 bits per heavy atom. The van der Waals surface area contributed by atoms with Crippen LogP contribution in [0.25, 0.3) is 10.9 Å². The number of hydrogen-bond donors (Lipinski definition) is 3. The van der Waals surface area contributed by atoms with Crippen molar-refractivity contribution in [1.29, 1.82) is 0 Å². The average molecular weight is 397 g/mol. The second kappa shape index (κ2) is 5.46. The molecule has 0 unspecified atom stereocenters. The Morgan fingerprint density at radius 2 is 2.05 bits per heavy atom. The first-order valence-corrected chi connectivity index (χ1v) is 7.61.